The minimum atomic E-state index is -0.127. The van der Waals surface area contributed by atoms with E-state index in [0.29, 0.717) is 17.0 Å². The summed E-state index contributed by atoms with van der Waals surface area (Å²) in [4.78, 5) is 18.5. The Morgan fingerprint density at radius 2 is 2.47 bits per heavy atom. The molecule has 0 aromatic carbocycles. The lowest BCUT2D eigenvalue weighted by atomic mass is 10.1. The monoisotopic (exact) mass is 224 g/mol. The predicted octanol–water partition coefficient (Wildman–Crippen LogP) is 1.99. The van der Waals surface area contributed by atoms with E-state index >= 15 is 0 Å². The molecule has 0 spiro atoms. The van der Waals surface area contributed by atoms with Gasteiger partial charge in [0.2, 0.25) is 0 Å². The van der Waals surface area contributed by atoms with E-state index in [4.69, 9.17) is 16.3 Å². The predicted molar refractivity (Wildman–Crippen MR) is 57.7 cm³/mol. The zero-order valence-corrected chi connectivity index (χ0v) is 8.84. The van der Waals surface area contributed by atoms with Crippen LogP contribution in [0.1, 0.15) is 10.4 Å². The number of rotatable bonds is 3. The van der Waals surface area contributed by atoms with E-state index in [0.717, 1.165) is 5.39 Å². The van der Waals surface area contributed by atoms with Gasteiger partial charge < -0.3 is 9.72 Å². The van der Waals surface area contributed by atoms with Gasteiger partial charge in [-0.25, -0.2) is 4.98 Å². The van der Waals surface area contributed by atoms with Gasteiger partial charge in [0, 0.05) is 17.1 Å². The molecule has 0 aliphatic carbocycles. The fourth-order valence-corrected chi connectivity index (χ4v) is 1.54. The van der Waals surface area contributed by atoms with Crippen LogP contribution in [0.4, 0.5) is 0 Å². The van der Waals surface area contributed by atoms with Gasteiger partial charge in [0.25, 0.3) is 0 Å². The number of H-pyrrole nitrogens is 1. The molecule has 1 N–H and O–H groups in total. The molecule has 0 atom stereocenters. The smallest absolute Gasteiger partial charge is 0.179 e. The van der Waals surface area contributed by atoms with Gasteiger partial charge in [-0.15, -0.1) is 11.6 Å². The molecule has 2 aromatic rings. The molecule has 0 radical (unpaired) electrons. The van der Waals surface area contributed by atoms with Gasteiger partial charge in [-0.2, -0.15) is 0 Å². The summed E-state index contributed by atoms with van der Waals surface area (Å²) in [5.41, 5.74) is 1.20. The number of carbonyl (C=O) groups excluding carboxylic acids is 1. The number of ketones is 1. The highest BCUT2D eigenvalue weighted by atomic mass is 35.5. The van der Waals surface area contributed by atoms with Crippen molar-refractivity contribution in [1.29, 1.82) is 0 Å². The van der Waals surface area contributed by atoms with Crippen LogP contribution in [0.25, 0.3) is 11.0 Å². The summed E-state index contributed by atoms with van der Waals surface area (Å²) in [6.45, 7) is 0. The van der Waals surface area contributed by atoms with Gasteiger partial charge in [-0.05, 0) is 6.07 Å². The Labute approximate surface area is 91.2 Å². The number of methoxy groups -OCH3 is 1. The molecule has 2 aromatic heterocycles. The van der Waals surface area contributed by atoms with Crippen molar-refractivity contribution in [1.82, 2.24) is 9.97 Å². The minimum Gasteiger partial charge on any atom is -0.495 e. The van der Waals surface area contributed by atoms with E-state index in [9.17, 15) is 4.79 Å². The van der Waals surface area contributed by atoms with E-state index in [1.54, 1.807) is 25.6 Å². The number of pyridine rings is 1. The number of aromatic amines is 1. The summed E-state index contributed by atoms with van der Waals surface area (Å²) in [5, 5.41) is 0.736. The molecule has 0 fully saturated rings. The van der Waals surface area contributed by atoms with Crippen molar-refractivity contribution in [3.63, 3.8) is 0 Å². The highest BCUT2D eigenvalue weighted by Gasteiger charge is 2.12. The van der Waals surface area contributed by atoms with Crippen molar-refractivity contribution in [2.45, 2.75) is 0 Å². The van der Waals surface area contributed by atoms with Crippen molar-refractivity contribution in [2.24, 2.45) is 0 Å². The highest BCUT2D eigenvalue weighted by molar-refractivity contribution is 6.31. The fraction of sp³-hybridized carbons (Fsp3) is 0.200. The second-order valence-electron chi connectivity index (χ2n) is 3.03. The van der Waals surface area contributed by atoms with Gasteiger partial charge in [-0.1, -0.05) is 0 Å². The number of hydrogen-bond donors (Lipinski definition) is 1. The SMILES string of the molecule is COc1cnc2[nH]cc(C(=O)CCl)c2c1. The molecule has 2 rings (SSSR count). The van der Waals surface area contributed by atoms with Gasteiger partial charge in [0.05, 0.1) is 19.2 Å². The lowest BCUT2D eigenvalue weighted by molar-refractivity contribution is 0.102. The molecule has 0 unspecified atom stereocenters. The molecule has 0 amide bonds. The van der Waals surface area contributed by atoms with Crippen molar-refractivity contribution >= 4 is 28.4 Å². The number of nitrogens with zero attached hydrogens (tertiary/aromatic N) is 1. The number of fused-ring (bicyclic) bond motifs is 1. The Morgan fingerprint density at radius 1 is 1.67 bits per heavy atom. The first-order chi connectivity index (χ1) is 7.26. The van der Waals surface area contributed by atoms with Crippen molar-refractivity contribution in [2.75, 3.05) is 13.0 Å². The number of nitrogens with one attached hydrogen (secondary N) is 1. The molecule has 0 saturated carbocycles. The van der Waals surface area contributed by atoms with Crippen molar-refractivity contribution in [3.8, 4) is 5.75 Å². The summed E-state index contributed by atoms with van der Waals surface area (Å²) in [6, 6.07) is 1.76. The summed E-state index contributed by atoms with van der Waals surface area (Å²) < 4.78 is 5.04. The Hall–Kier alpha value is -1.55. The van der Waals surface area contributed by atoms with Gasteiger partial charge in [0.1, 0.15) is 11.4 Å². The van der Waals surface area contributed by atoms with Crippen LogP contribution in [0.2, 0.25) is 0 Å². The number of alkyl halides is 1. The normalized spacial score (nSPS) is 10.5. The maximum Gasteiger partial charge on any atom is 0.179 e. The van der Waals surface area contributed by atoms with Crippen LogP contribution in [0.15, 0.2) is 18.5 Å². The van der Waals surface area contributed by atoms with E-state index in [2.05, 4.69) is 9.97 Å². The van der Waals surface area contributed by atoms with Gasteiger partial charge in [0.15, 0.2) is 5.78 Å². The van der Waals surface area contributed by atoms with E-state index in [1.165, 1.54) is 0 Å². The van der Waals surface area contributed by atoms with E-state index in [-0.39, 0.29) is 11.7 Å². The second-order valence-corrected chi connectivity index (χ2v) is 3.30. The lowest BCUT2D eigenvalue weighted by Gasteiger charge is -1.99. The van der Waals surface area contributed by atoms with Gasteiger partial charge >= 0.3 is 0 Å². The largest absolute Gasteiger partial charge is 0.495 e. The molecular weight excluding hydrogens is 216 g/mol. The molecule has 4 nitrogen and oxygen atoms in total. The zero-order valence-electron chi connectivity index (χ0n) is 8.08. The van der Waals surface area contributed by atoms with Crippen LogP contribution in [-0.2, 0) is 0 Å². The first kappa shape index (κ1) is 9.98. The fourth-order valence-electron chi connectivity index (χ4n) is 1.40. The van der Waals surface area contributed by atoms with Crippen molar-refractivity contribution < 1.29 is 9.53 Å². The summed E-state index contributed by atoms with van der Waals surface area (Å²) >= 11 is 5.50. The Morgan fingerprint density at radius 3 is 3.13 bits per heavy atom. The average molecular weight is 225 g/mol. The first-order valence-electron chi connectivity index (χ1n) is 4.36. The summed E-state index contributed by atoms with van der Waals surface area (Å²) in [5.74, 6) is 0.452. The lowest BCUT2D eigenvalue weighted by Crippen LogP contribution is -1.98. The Balaban J connectivity index is 2.61. The third-order valence-corrected chi connectivity index (χ3v) is 2.41. The maximum absolute atomic E-state index is 11.5. The number of hydrogen-bond acceptors (Lipinski definition) is 3. The van der Waals surface area contributed by atoms with Crippen molar-refractivity contribution in [3.05, 3.63) is 24.0 Å². The maximum atomic E-state index is 11.5. The van der Waals surface area contributed by atoms with E-state index < -0.39 is 0 Å². The quantitative estimate of drug-likeness (QED) is 0.641. The standard InChI is InChI=1S/C10H9ClN2O2/c1-15-6-2-7-8(9(14)3-11)5-13-10(7)12-4-6/h2,4-5H,3H2,1H3,(H,12,13). The topological polar surface area (TPSA) is 55.0 Å². The molecule has 0 bridgehead atoms. The molecular formula is C10H9ClN2O2. The van der Waals surface area contributed by atoms with Crippen LogP contribution >= 0.6 is 11.6 Å². The number of carbonyl (C=O) groups is 1. The van der Waals surface area contributed by atoms with Crippen LogP contribution < -0.4 is 4.74 Å². The summed E-state index contributed by atoms with van der Waals surface area (Å²) in [6.07, 6.45) is 3.20. The highest BCUT2D eigenvalue weighted by Crippen LogP contribution is 2.21. The number of ether oxygens (including phenoxy) is 1. The number of Topliss-reactive ketones (excluding diaryl/α,β-unsaturated/α-hetero) is 1. The molecule has 0 aliphatic rings. The first-order valence-corrected chi connectivity index (χ1v) is 4.90. The van der Waals surface area contributed by atoms with Gasteiger partial charge in [-0.3, -0.25) is 4.79 Å². The van der Waals surface area contributed by atoms with Crippen LogP contribution in [0, 0.1) is 0 Å². The molecule has 15 heavy (non-hydrogen) atoms. The third kappa shape index (κ3) is 1.68. The zero-order chi connectivity index (χ0) is 10.8. The Bertz CT molecular complexity index is 507. The number of aromatic nitrogens is 2. The molecule has 5 heteroatoms. The molecule has 0 saturated heterocycles. The van der Waals surface area contributed by atoms with Crippen LogP contribution in [0.3, 0.4) is 0 Å². The van der Waals surface area contributed by atoms with E-state index in [1.807, 2.05) is 0 Å². The molecule has 78 valence electrons. The minimum absolute atomic E-state index is 0.0375. The Kier molecular flexibility index (Phi) is 2.60. The molecule has 0 aliphatic heterocycles. The second kappa shape index (κ2) is 3.90. The third-order valence-electron chi connectivity index (χ3n) is 2.16. The van der Waals surface area contributed by atoms with Crippen LogP contribution in [-0.4, -0.2) is 28.7 Å². The summed E-state index contributed by atoms with van der Waals surface area (Å²) in [7, 11) is 1.55. The average Bonchev–Trinajstić information content (AvgIpc) is 2.70. The van der Waals surface area contributed by atoms with Crippen LogP contribution in [0.5, 0.6) is 5.75 Å². The molecule has 2 heterocycles. The number of halogens is 1.